The number of amides is 1. The monoisotopic (exact) mass is 401 g/mol. The first-order valence-electron chi connectivity index (χ1n) is 8.01. The minimum atomic E-state index is -0.576. The van der Waals surface area contributed by atoms with Crippen molar-refractivity contribution in [3.63, 3.8) is 0 Å². The number of aryl methyl sites for hydroxylation is 1. The van der Waals surface area contributed by atoms with E-state index in [1.165, 1.54) is 34.4 Å². The summed E-state index contributed by atoms with van der Waals surface area (Å²) >= 11 is 7.53. The molecule has 27 heavy (non-hydrogen) atoms. The van der Waals surface area contributed by atoms with Gasteiger partial charge in [0.15, 0.2) is 5.13 Å². The fraction of sp³-hybridized carbons (Fsp3) is 0.105. The van der Waals surface area contributed by atoms with Crippen LogP contribution in [0, 0.1) is 12.7 Å². The van der Waals surface area contributed by atoms with Crippen LogP contribution in [0.15, 0.2) is 47.0 Å². The molecule has 2 aromatic heterocycles. The summed E-state index contributed by atoms with van der Waals surface area (Å²) in [7, 11) is 1.61. The molecule has 0 atom stereocenters. The van der Waals surface area contributed by atoms with Gasteiger partial charge in [-0.25, -0.2) is 9.37 Å². The Bertz CT molecular complexity index is 1120. The SMILES string of the molecule is Cc1onc(-c2c(F)cccc2Cl)c1C(=O)N(C)c1nc2ccccc2s1. The van der Waals surface area contributed by atoms with Crippen LogP contribution < -0.4 is 4.90 Å². The highest BCUT2D eigenvalue weighted by atomic mass is 35.5. The molecule has 8 heteroatoms. The smallest absolute Gasteiger partial charge is 0.265 e. The van der Waals surface area contributed by atoms with Crippen molar-refractivity contribution in [2.75, 3.05) is 11.9 Å². The molecule has 0 radical (unpaired) electrons. The summed E-state index contributed by atoms with van der Waals surface area (Å²) in [5.41, 5.74) is 1.07. The van der Waals surface area contributed by atoms with Gasteiger partial charge in [-0.05, 0) is 31.2 Å². The summed E-state index contributed by atoms with van der Waals surface area (Å²) in [4.78, 5) is 19.0. The topological polar surface area (TPSA) is 59.2 Å². The first-order valence-corrected chi connectivity index (χ1v) is 9.21. The normalized spacial score (nSPS) is 11.1. The average Bonchev–Trinajstić information content (AvgIpc) is 3.24. The van der Waals surface area contributed by atoms with Gasteiger partial charge in [0.2, 0.25) is 0 Å². The van der Waals surface area contributed by atoms with Gasteiger partial charge in [0, 0.05) is 7.05 Å². The summed E-state index contributed by atoms with van der Waals surface area (Å²) < 4.78 is 20.5. The van der Waals surface area contributed by atoms with Crippen LogP contribution in [0.1, 0.15) is 16.1 Å². The highest BCUT2D eigenvalue weighted by Crippen LogP contribution is 2.35. The number of anilines is 1. The van der Waals surface area contributed by atoms with Gasteiger partial charge in [-0.1, -0.05) is 46.3 Å². The van der Waals surface area contributed by atoms with Crippen LogP contribution in [-0.4, -0.2) is 23.1 Å². The molecule has 0 aliphatic rings. The maximum Gasteiger partial charge on any atom is 0.265 e. The minimum absolute atomic E-state index is 0.0390. The van der Waals surface area contributed by atoms with E-state index < -0.39 is 11.7 Å². The molecule has 0 fully saturated rings. The van der Waals surface area contributed by atoms with Crippen molar-refractivity contribution in [1.29, 1.82) is 0 Å². The zero-order valence-electron chi connectivity index (χ0n) is 14.4. The van der Waals surface area contributed by atoms with Gasteiger partial charge in [0.05, 0.1) is 20.8 Å². The van der Waals surface area contributed by atoms with Crippen LogP contribution in [-0.2, 0) is 0 Å². The largest absolute Gasteiger partial charge is 0.360 e. The van der Waals surface area contributed by atoms with Crippen LogP contribution in [0.2, 0.25) is 5.02 Å². The van der Waals surface area contributed by atoms with E-state index in [1.54, 1.807) is 14.0 Å². The molecule has 0 aliphatic carbocycles. The summed E-state index contributed by atoms with van der Waals surface area (Å²) in [5, 5.41) is 4.56. The lowest BCUT2D eigenvalue weighted by Gasteiger charge is -2.14. The fourth-order valence-electron chi connectivity index (χ4n) is 2.78. The van der Waals surface area contributed by atoms with Crippen molar-refractivity contribution in [2.24, 2.45) is 0 Å². The molecule has 4 rings (SSSR count). The van der Waals surface area contributed by atoms with Crippen molar-refractivity contribution in [1.82, 2.24) is 10.1 Å². The number of para-hydroxylation sites is 1. The zero-order valence-corrected chi connectivity index (χ0v) is 15.9. The maximum atomic E-state index is 14.4. The number of carbonyl (C=O) groups is 1. The standard InChI is InChI=1S/C19H13ClFN3O2S/c1-10-15(17(23-26-10)16-11(20)6-5-7-12(16)21)18(25)24(2)19-22-13-8-3-4-9-14(13)27-19/h3-9H,1-2H3. The number of hydrogen-bond donors (Lipinski definition) is 0. The van der Waals surface area contributed by atoms with Gasteiger partial charge in [0.25, 0.3) is 5.91 Å². The second-order valence-electron chi connectivity index (χ2n) is 5.89. The van der Waals surface area contributed by atoms with E-state index in [-0.39, 0.29) is 27.6 Å². The molecule has 0 aliphatic heterocycles. The molecule has 4 aromatic rings. The van der Waals surface area contributed by atoms with Crippen LogP contribution in [0.3, 0.4) is 0 Å². The third-order valence-electron chi connectivity index (χ3n) is 4.15. The van der Waals surface area contributed by atoms with Crippen molar-refractivity contribution in [2.45, 2.75) is 6.92 Å². The predicted molar refractivity (Wildman–Crippen MR) is 104 cm³/mol. The van der Waals surface area contributed by atoms with E-state index in [0.717, 1.165) is 10.2 Å². The van der Waals surface area contributed by atoms with Gasteiger partial charge in [-0.3, -0.25) is 9.69 Å². The Morgan fingerprint density at radius 3 is 2.74 bits per heavy atom. The van der Waals surface area contributed by atoms with E-state index in [4.69, 9.17) is 16.1 Å². The van der Waals surface area contributed by atoms with Crippen molar-refractivity contribution < 1.29 is 13.7 Å². The number of halogens is 2. The van der Waals surface area contributed by atoms with Crippen molar-refractivity contribution in [3.05, 3.63) is 64.6 Å². The molecule has 5 nitrogen and oxygen atoms in total. The summed E-state index contributed by atoms with van der Waals surface area (Å²) in [6.07, 6.45) is 0. The predicted octanol–water partition coefficient (Wildman–Crippen LogP) is 5.33. The first kappa shape index (κ1) is 17.6. The highest BCUT2D eigenvalue weighted by Gasteiger charge is 2.29. The number of thiazole rings is 1. The number of carbonyl (C=O) groups excluding carboxylic acids is 1. The first-order chi connectivity index (χ1) is 13.0. The minimum Gasteiger partial charge on any atom is -0.360 e. The average molecular weight is 402 g/mol. The number of benzene rings is 2. The van der Waals surface area contributed by atoms with Gasteiger partial charge >= 0.3 is 0 Å². The van der Waals surface area contributed by atoms with Gasteiger partial charge in [0.1, 0.15) is 22.8 Å². The van der Waals surface area contributed by atoms with E-state index in [9.17, 15) is 9.18 Å². The summed E-state index contributed by atoms with van der Waals surface area (Å²) in [5.74, 6) is -0.697. The molecule has 2 heterocycles. The Morgan fingerprint density at radius 2 is 2.00 bits per heavy atom. The van der Waals surface area contributed by atoms with Gasteiger partial charge in [-0.2, -0.15) is 0 Å². The molecule has 2 aromatic carbocycles. The Morgan fingerprint density at radius 1 is 1.22 bits per heavy atom. The quantitative estimate of drug-likeness (QED) is 0.465. The summed E-state index contributed by atoms with van der Waals surface area (Å²) in [6, 6.07) is 11.9. The lowest BCUT2D eigenvalue weighted by molar-refractivity contribution is 0.0992. The Labute approximate surface area is 163 Å². The maximum absolute atomic E-state index is 14.4. The molecular weight excluding hydrogens is 389 g/mol. The Kier molecular flexibility index (Phi) is 4.41. The second-order valence-corrected chi connectivity index (χ2v) is 7.30. The molecule has 0 saturated heterocycles. The number of fused-ring (bicyclic) bond motifs is 1. The van der Waals surface area contributed by atoms with E-state index in [1.807, 2.05) is 24.3 Å². The lowest BCUT2D eigenvalue weighted by atomic mass is 10.0. The second kappa shape index (κ2) is 6.75. The third kappa shape index (κ3) is 2.98. The van der Waals surface area contributed by atoms with Crippen LogP contribution in [0.4, 0.5) is 9.52 Å². The number of nitrogens with zero attached hydrogens (tertiary/aromatic N) is 3. The van der Waals surface area contributed by atoms with E-state index in [2.05, 4.69) is 10.1 Å². The van der Waals surface area contributed by atoms with E-state index in [0.29, 0.717) is 5.13 Å². The van der Waals surface area contributed by atoms with Gasteiger partial charge in [-0.15, -0.1) is 0 Å². The zero-order chi connectivity index (χ0) is 19.1. The Balaban J connectivity index is 1.79. The molecule has 136 valence electrons. The van der Waals surface area contributed by atoms with Crippen LogP contribution >= 0.6 is 22.9 Å². The molecule has 1 amide bonds. The molecule has 0 unspecified atom stereocenters. The number of aromatic nitrogens is 2. The Hall–Kier alpha value is -2.77. The van der Waals surface area contributed by atoms with Crippen molar-refractivity contribution in [3.8, 4) is 11.3 Å². The number of rotatable bonds is 3. The third-order valence-corrected chi connectivity index (χ3v) is 5.58. The molecular formula is C19H13ClFN3O2S. The molecule has 0 N–H and O–H groups in total. The van der Waals surface area contributed by atoms with Crippen LogP contribution in [0.5, 0.6) is 0 Å². The van der Waals surface area contributed by atoms with E-state index >= 15 is 0 Å². The number of hydrogen-bond acceptors (Lipinski definition) is 5. The highest BCUT2D eigenvalue weighted by molar-refractivity contribution is 7.22. The van der Waals surface area contributed by atoms with Crippen LogP contribution in [0.25, 0.3) is 21.5 Å². The van der Waals surface area contributed by atoms with Crippen molar-refractivity contribution >= 4 is 44.2 Å². The molecule has 0 saturated carbocycles. The fourth-order valence-corrected chi connectivity index (χ4v) is 3.95. The van der Waals surface area contributed by atoms with Gasteiger partial charge < -0.3 is 4.52 Å². The molecule has 0 bridgehead atoms. The summed E-state index contributed by atoms with van der Waals surface area (Å²) in [6.45, 7) is 1.60. The molecule has 0 spiro atoms. The lowest BCUT2D eigenvalue weighted by Crippen LogP contribution is -2.27.